The number of hydrogen-bond acceptors (Lipinski definition) is 2. The van der Waals surface area contributed by atoms with Crippen LogP contribution in [0.4, 0.5) is 13.2 Å². The number of rotatable bonds is 3. The standard InChI is InChI=1S/C10H9F3O3.ClH/c1-16-9(8(14)15,10(11,12)13)7-5-3-2-4-6-7;/h2-6H,1H3,(H,14,15);1H/t9-;/m0./s1. The highest BCUT2D eigenvalue weighted by molar-refractivity contribution is 5.85. The van der Waals surface area contributed by atoms with Crippen LogP contribution in [0.15, 0.2) is 30.3 Å². The van der Waals surface area contributed by atoms with Crippen molar-refractivity contribution in [3.8, 4) is 0 Å². The van der Waals surface area contributed by atoms with Gasteiger partial charge in [0.2, 0.25) is 0 Å². The van der Waals surface area contributed by atoms with Gasteiger partial charge in [-0.2, -0.15) is 13.2 Å². The molecule has 0 aliphatic heterocycles. The molecule has 0 radical (unpaired) electrons. The van der Waals surface area contributed by atoms with Gasteiger partial charge in [0, 0.05) is 12.7 Å². The fourth-order valence-electron chi connectivity index (χ4n) is 1.40. The molecule has 0 bridgehead atoms. The summed E-state index contributed by atoms with van der Waals surface area (Å²) < 4.78 is 42.6. The van der Waals surface area contributed by atoms with Crippen LogP contribution in [0.1, 0.15) is 5.56 Å². The summed E-state index contributed by atoms with van der Waals surface area (Å²) >= 11 is 0. The van der Waals surface area contributed by atoms with Crippen LogP contribution < -0.4 is 0 Å². The molecule has 96 valence electrons. The fraction of sp³-hybridized carbons (Fsp3) is 0.300. The minimum Gasteiger partial charge on any atom is -0.479 e. The largest absolute Gasteiger partial charge is 0.479 e. The number of carbonyl (C=O) groups is 1. The van der Waals surface area contributed by atoms with Crippen LogP contribution >= 0.6 is 12.4 Å². The van der Waals surface area contributed by atoms with Gasteiger partial charge in [0.05, 0.1) is 0 Å². The third-order valence-electron chi connectivity index (χ3n) is 2.19. The quantitative estimate of drug-likeness (QED) is 0.918. The Kier molecular flexibility index (Phi) is 4.97. The summed E-state index contributed by atoms with van der Waals surface area (Å²) in [5.41, 5.74) is -3.77. The van der Waals surface area contributed by atoms with Gasteiger partial charge in [-0.05, 0) is 0 Å². The van der Waals surface area contributed by atoms with Crippen molar-refractivity contribution in [3.05, 3.63) is 35.9 Å². The zero-order valence-electron chi connectivity index (χ0n) is 8.69. The number of alkyl halides is 3. The molecular formula is C10H10ClF3O3. The van der Waals surface area contributed by atoms with E-state index in [2.05, 4.69) is 4.74 Å². The maximum Gasteiger partial charge on any atom is 0.432 e. The van der Waals surface area contributed by atoms with Crippen molar-refractivity contribution in [3.63, 3.8) is 0 Å². The molecule has 0 spiro atoms. The van der Waals surface area contributed by atoms with E-state index in [4.69, 9.17) is 5.11 Å². The first-order valence-electron chi connectivity index (χ1n) is 4.27. The van der Waals surface area contributed by atoms with Crippen molar-refractivity contribution in [2.24, 2.45) is 0 Å². The van der Waals surface area contributed by atoms with Crippen molar-refractivity contribution >= 4 is 18.4 Å². The Bertz CT molecular complexity index is 380. The highest BCUT2D eigenvalue weighted by Gasteiger charge is 2.63. The van der Waals surface area contributed by atoms with Crippen LogP contribution in [0.5, 0.6) is 0 Å². The van der Waals surface area contributed by atoms with E-state index in [1.807, 2.05) is 0 Å². The van der Waals surface area contributed by atoms with Crippen LogP contribution in [0, 0.1) is 0 Å². The molecule has 0 heterocycles. The molecule has 1 aromatic carbocycles. The summed E-state index contributed by atoms with van der Waals surface area (Å²) in [5, 5.41) is 8.77. The molecule has 1 N–H and O–H groups in total. The lowest BCUT2D eigenvalue weighted by molar-refractivity contribution is -0.273. The maximum absolute atomic E-state index is 12.8. The first-order chi connectivity index (χ1) is 7.36. The molecule has 3 nitrogen and oxygen atoms in total. The molecule has 0 aromatic heterocycles. The number of carboxylic acids is 1. The van der Waals surface area contributed by atoms with E-state index in [1.54, 1.807) is 0 Å². The van der Waals surface area contributed by atoms with Gasteiger partial charge in [0.25, 0.3) is 5.60 Å². The normalized spacial score (nSPS) is 14.6. The molecule has 1 atom stereocenters. The Morgan fingerprint density at radius 3 is 2.00 bits per heavy atom. The van der Waals surface area contributed by atoms with Gasteiger partial charge in [0.1, 0.15) is 0 Å². The number of halogens is 4. The number of methoxy groups -OCH3 is 1. The smallest absolute Gasteiger partial charge is 0.432 e. The minimum absolute atomic E-state index is 0. The second kappa shape index (κ2) is 5.37. The van der Waals surface area contributed by atoms with Gasteiger partial charge in [-0.25, -0.2) is 4.79 Å². The monoisotopic (exact) mass is 270 g/mol. The Labute approximate surface area is 102 Å². The van der Waals surface area contributed by atoms with Gasteiger partial charge in [-0.1, -0.05) is 30.3 Å². The van der Waals surface area contributed by atoms with Crippen molar-refractivity contribution in [1.82, 2.24) is 0 Å². The van der Waals surface area contributed by atoms with Crippen molar-refractivity contribution in [2.45, 2.75) is 11.8 Å². The maximum atomic E-state index is 12.8. The number of hydrogen-bond donors (Lipinski definition) is 1. The molecule has 0 aliphatic rings. The third kappa shape index (κ3) is 2.53. The van der Waals surface area contributed by atoms with Gasteiger partial charge >= 0.3 is 12.1 Å². The zero-order chi connectivity index (χ0) is 12.4. The second-order valence-corrected chi connectivity index (χ2v) is 3.05. The van der Waals surface area contributed by atoms with Gasteiger partial charge in [0.15, 0.2) is 0 Å². The molecule has 0 fully saturated rings. The summed E-state index contributed by atoms with van der Waals surface area (Å²) in [5.74, 6) is -2.09. The molecule has 7 heteroatoms. The van der Waals surface area contributed by atoms with E-state index in [-0.39, 0.29) is 12.4 Å². The molecule has 0 saturated carbocycles. The first-order valence-corrected chi connectivity index (χ1v) is 4.27. The summed E-state index contributed by atoms with van der Waals surface area (Å²) in [6.07, 6.45) is -5.03. The summed E-state index contributed by atoms with van der Waals surface area (Å²) in [6, 6.07) is 6.24. The summed E-state index contributed by atoms with van der Waals surface area (Å²) in [4.78, 5) is 10.9. The van der Waals surface area contributed by atoms with Crippen LogP contribution in [0.3, 0.4) is 0 Å². The van der Waals surface area contributed by atoms with E-state index in [0.29, 0.717) is 7.11 Å². The Morgan fingerprint density at radius 1 is 1.24 bits per heavy atom. The average molecular weight is 271 g/mol. The molecule has 17 heavy (non-hydrogen) atoms. The van der Waals surface area contributed by atoms with Gasteiger partial charge in [-0.3, -0.25) is 0 Å². The number of carboxylic acid groups (broad SMARTS) is 1. The van der Waals surface area contributed by atoms with Crippen LogP contribution in [-0.2, 0) is 15.1 Å². The number of ether oxygens (including phenoxy) is 1. The topological polar surface area (TPSA) is 46.5 Å². The highest BCUT2D eigenvalue weighted by Crippen LogP contribution is 2.41. The van der Waals surface area contributed by atoms with E-state index < -0.39 is 23.3 Å². The van der Waals surface area contributed by atoms with Crippen molar-refractivity contribution in [1.29, 1.82) is 0 Å². The van der Waals surface area contributed by atoms with Gasteiger partial charge in [-0.15, -0.1) is 12.4 Å². The van der Waals surface area contributed by atoms with Crippen LogP contribution in [0.2, 0.25) is 0 Å². The van der Waals surface area contributed by atoms with Crippen LogP contribution in [0.25, 0.3) is 0 Å². The zero-order valence-corrected chi connectivity index (χ0v) is 9.51. The molecule has 0 saturated heterocycles. The average Bonchev–Trinajstić information content (AvgIpc) is 2.18. The van der Waals surface area contributed by atoms with Crippen molar-refractivity contribution in [2.75, 3.05) is 7.11 Å². The van der Waals surface area contributed by atoms with E-state index in [0.717, 1.165) is 12.1 Å². The molecule has 0 unspecified atom stereocenters. The Morgan fingerprint density at radius 2 is 1.71 bits per heavy atom. The molecule has 1 aromatic rings. The molecule has 1 rings (SSSR count). The highest BCUT2D eigenvalue weighted by atomic mass is 35.5. The number of benzene rings is 1. The number of aliphatic carboxylic acids is 1. The van der Waals surface area contributed by atoms with E-state index in [1.165, 1.54) is 18.2 Å². The van der Waals surface area contributed by atoms with E-state index in [9.17, 15) is 18.0 Å². The minimum atomic E-state index is -5.03. The lowest BCUT2D eigenvalue weighted by Gasteiger charge is -2.30. The molecule has 0 aliphatic carbocycles. The first kappa shape index (κ1) is 15.7. The molecule has 0 amide bonds. The van der Waals surface area contributed by atoms with Crippen molar-refractivity contribution < 1.29 is 27.8 Å². The fourth-order valence-corrected chi connectivity index (χ4v) is 1.40. The molecular weight excluding hydrogens is 261 g/mol. The predicted molar refractivity (Wildman–Crippen MR) is 56.1 cm³/mol. The van der Waals surface area contributed by atoms with Crippen LogP contribution in [-0.4, -0.2) is 24.4 Å². The predicted octanol–water partition coefficient (Wildman–Crippen LogP) is 2.60. The Balaban J connectivity index is 0.00000256. The second-order valence-electron chi connectivity index (χ2n) is 3.05. The Hall–Kier alpha value is -1.27. The van der Waals surface area contributed by atoms with Gasteiger partial charge < -0.3 is 9.84 Å². The third-order valence-corrected chi connectivity index (χ3v) is 2.19. The summed E-state index contributed by atoms with van der Waals surface area (Å²) in [7, 11) is 0.717. The SMILES string of the molecule is CO[C@](C(=O)O)(c1ccccc1)C(F)(F)F.Cl. The van der Waals surface area contributed by atoms with E-state index >= 15 is 0 Å². The summed E-state index contributed by atoms with van der Waals surface area (Å²) in [6.45, 7) is 0. The lowest BCUT2D eigenvalue weighted by Crippen LogP contribution is -2.50. The lowest BCUT2D eigenvalue weighted by atomic mass is 9.93.